The lowest BCUT2D eigenvalue weighted by molar-refractivity contribution is -0.151. The average Bonchev–Trinajstić information content (AvgIpc) is 3.04. The van der Waals surface area contributed by atoms with Crippen molar-refractivity contribution >= 4 is 29.4 Å². The number of fused-ring (bicyclic) bond motifs is 1. The topological polar surface area (TPSA) is 94.9 Å². The standard InChI is InChI=1S/C16H16ClNO5/c17-11-3-1-2-10(6-11)4-5-12(19)18-8-15(13(20)21)7-16(15,9-18)14(22)23/h1-3,6H,4-5,7-9H2,(H,20,21)(H,22,23)/t15-,16+. The first kappa shape index (κ1) is 15.8. The molecule has 2 fully saturated rings. The lowest BCUT2D eigenvalue weighted by atomic mass is 9.97. The zero-order chi connectivity index (χ0) is 16.8. The highest BCUT2D eigenvalue weighted by Gasteiger charge is 2.81. The largest absolute Gasteiger partial charge is 0.481 e. The molecule has 1 aliphatic heterocycles. The number of aliphatic carboxylic acids is 2. The van der Waals surface area contributed by atoms with Crippen molar-refractivity contribution < 1.29 is 24.6 Å². The first-order chi connectivity index (χ1) is 10.8. The normalized spacial score (nSPS) is 28.3. The van der Waals surface area contributed by atoms with E-state index in [0.717, 1.165) is 5.56 Å². The summed E-state index contributed by atoms with van der Waals surface area (Å²) in [7, 11) is 0. The molecule has 2 N–H and O–H groups in total. The van der Waals surface area contributed by atoms with Crippen molar-refractivity contribution in [3.8, 4) is 0 Å². The van der Waals surface area contributed by atoms with Gasteiger partial charge in [-0.2, -0.15) is 0 Å². The first-order valence-corrected chi connectivity index (χ1v) is 7.68. The third-order valence-corrected chi connectivity index (χ3v) is 5.24. The fourth-order valence-electron chi connectivity index (χ4n) is 3.57. The number of piperidine rings is 1. The number of carboxylic acid groups (broad SMARTS) is 2. The van der Waals surface area contributed by atoms with Crippen molar-refractivity contribution in [2.45, 2.75) is 19.3 Å². The number of amides is 1. The molecule has 1 aromatic carbocycles. The molecule has 1 saturated carbocycles. The van der Waals surface area contributed by atoms with E-state index in [1.54, 1.807) is 18.2 Å². The summed E-state index contributed by atoms with van der Waals surface area (Å²) in [5.74, 6) is -2.49. The summed E-state index contributed by atoms with van der Waals surface area (Å²) < 4.78 is 0. The smallest absolute Gasteiger partial charge is 0.312 e. The number of nitrogens with zero attached hydrogens (tertiary/aromatic N) is 1. The Morgan fingerprint density at radius 1 is 1.13 bits per heavy atom. The highest BCUT2D eigenvalue weighted by atomic mass is 35.5. The Morgan fingerprint density at radius 2 is 1.74 bits per heavy atom. The van der Waals surface area contributed by atoms with Gasteiger partial charge in [0.1, 0.15) is 10.8 Å². The van der Waals surface area contributed by atoms with Gasteiger partial charge in [0.2, 0.25) is 5.91 Å². The van der Waals surface area contributed by atoms with E-state index in [9.17, 15) is 24.6 Å². The van der Waals surface area contributed by atoms with E-state index in [-0.39, 0.29) is 31.8 Å². The molecule has 7 heteroatoms. The van der Waals surface area contributed by atoms with Crippen LogP contribution in [-0.2, 0) is 20.8 Å². The molecule has 23 heavy (non-hydrogen) atoms. The van der Waals surface area contributed by atoms with Gasteiger partial charge in [-0.3, -0.25) is 14.4 Å². The second-order valence-electron chi connectivity index (χ2n) is 6.33. The van der Waals surface area contributed by atoms with Gasteiger partial charge in [-0.15, -0.1) is 0 Å². The summed E-state index contributed by atoms with van der Waals surface area (Å²) >= 11 is 5.89. The van der Waals surface area contributed by atoms with Crippen LogP contribution in [0.4, 0.5) is 0 Å². The van der Waals surface area contributed by atoms with Gasteiger partial charge in [0.05, 0.1) is 0 Å². The van der Waals surface area contributed by atoms with Gasteiger partial charge in [0, 0.05) is 24.5 Å². The van der Waals surface area contributed by atoms with Crippen LogP contribution in [0, 0.1) is 10.8 Å². The summed E-state index contributed by atoms with van der Waals surface area (Å²) in [6.07, 6.45) is 0.782. The second kappa shape index (κ2) is 5.23. The number of carbonyl (C=O) groups is 3. The van der Waals surface area contributed by atoms with Crippen molar-refractivity contribution in [3.63, 3.8) is 0 Å². The average molecular weight is 338 g/mol. The van der Waals surface area contributed by atoms with Crippen LogP contribution in [0.2, 0.25) is 5.02 Å². The Balaban J connectivity index is 1.66. The van der Waals surface area contributed by atoms with Crippen LogP contribution in [0.3, 0.4) is 0 Å². The van der Waals surface area contributed by atoms with E-state index >= 15 is 0 Å². The highest BCUT2D eigenvalue weighted by Crippen LogP contribution is 2.68. The van der Waals surface area contributed by atoms with Crippen LogP contribution in [-0.4, -0.2) is 46.0 Å². The summed E-state index contributed by atoms with van der Waals surface area (Å²) in [5.41, 5.74) is -1.72. The molecule has 1 heterocycles. The second-order valence-corrected chi connectivity index (χ2v) is 6.77. The minimum atomic E-state index is -1.31. The Kier molecular flexibility index (Phi) is 3.59. The molecular weight excluding hydrogens is 322 g/mol. The molecule has 6 nitrogen and oxygen atoms in total. The molecule has 1 aliphatic carbocycles. The van der Waals surface area contributed by atoms with Crippen LogP contribution in [0.25, 0.3) is 0 Å². The molecule has 2 atom stereocenters. The van der Waals surface area contributed by atoms with Gasteiger partial charge in [-0.05, 0) is 30.5 Å². The molecule has 1 saturated heterocycles. The van der Waals surface area contributed by atoms with Gasteiger partial charge in [-0.1, -0.05) is 23.7 Å². The van der Waals surface area contributed by atoms with Gasteiger partial charge in [-0.25, -0.2) is 0 Å². The van der Waals surface area contributed by atoms with E-state index in [1.807, 2.05) is 6.07 Å². The van der Waals surface area contributed by atoms with Crippen LogP contribution in [0.15, 0.2) is 24.3 Å². The zero-order valence-corrected chi connectivity index (χ0v) is 13.0. The number of carboxylic acids is 2. The SMILES string of the molecule is O=C(CCc1cccc(Cl)c1)N1C[C@@]2(C(=O)O)C[C@@]2(C(=O)O)C1. The fraction of sp³-hybridized carbons (Fsp3) is 0.438. The van der Waals surface area contributed by atoms with Crippen molar-refractivity contribution in [2.75, 3.05) is 13.1 Å². The van der Waals surface area contributed by atoms with E-state index in [4.69, 9.17) is 11.6 Å². The molecule has 0 radical (unpaired) electrons. The maximum absolute atomic E-state index is 12.3. The van der Waals surface area contributed by atoms with Gasteiger partial charge < -0.3 is 15.1 Å². The Morgan fingerprint density at radius 3 is 2.26 bits per heavy atom. The summed E-state index contributed by atoms with van der Waals surface area (Å²) in [6, 6.07) is 7.17. The Hall–Kier alpha value is -2.08. The maximum atomic E-state index is 12.3. The van der Waals surface area contributed by atoms with Gasteiger partial charge in [0.25, 0.3) is 0 Å². The molecule has 1 aromatic rings. The molecule has 0 aromatic heterocycles. The van der Waals surface area contributed by atoms with Gasteiger partial charge >= 0.3 is 11.9 Å². The van der Waals surface area contributed by atoms with E-state index < -0.39 is 22.8 Å². The molecule has 1 amide bonds. The van der Waals surface area contributed by atoms with Crippen molar-refractivity contribution in [3.05, 3.63) is 34.9 Å². The zero-order valence-electron chi connectivity index (χ0n) is 12.3. The monoisotopic (exact) mass is 337 g/mol. The highest BCUT2D eigenvalue weighted by molar-refractivity contribution is 6.30. The Bertz CT molecular complexity index is 677. The lowest BCUT2D eigenvalue weighted by Gasteiger charge is -2.20. The minimum absolute atomic E-state index is 0.0248. The van der Waals surface area contributed by atoms with Crippen molar-refractivity contribution in [1.29, 1.82) is 0 Å². The van der Waals surface area contributed by atoms with E-state index in [1.165, 1.54) is 4.90 Å². The summed E-state index contributed by atoms with van der Waals surface area (Å²) in [4.78, 5) is 36.6. The molecule has 2 aliphatic rings. The maximum Gasteiger partial charge on any atom is 0.312 e. The predicted molar refractivity (Wildman–Crippen MR) is 81.1 cm³/mol. The number of rotatable bonds is 5. The molecule has 122 valence electrons. The number of hydrogen-bond acceptors (Lipinski definition) is 3. The predicted octanol–water partition coefficient (Wildman–Crippen LogP) is 1.66. The van der Waals surface area contributed by atoms with Gasteiger partial charge in [0.15, 0.2) is 0 Å². The number of halogens is 1. The van der Waals surface area contributed by atoms with Crippen LogP contribution < -0.4 is 0 Å². The first-order valence-electron chi connectivity index (χ1n) is 7.30. The van der Waals surface area contributed by atoms with Crippen molar-refractivity contribution in [2.24, 2.45) is 10.8 Å². The molecular formula is C16H16ClNO5. The number of hydrogen-bond donors (Lipinski definition) is 2. The third-order valence-electron chi connectivity index (χ3n) is 5.00. The Labute approximate surface area is 137 Å². The third kappa shape index (κ3) is 2.37. The quantitative estimate of drug-likeness (QED) is 0.852. The van der Waals surface area contributed by atoms with E-state index in [0.29, 0.717) is 11.4 Å². The van der Waals surface area contributed by atoms with E-state index in [2.05, 4.69) is 0 Å². The number of carbonyl (C=O) groups excluding carboxylic acids is 1. The minimum Gasteiger partial charge on any atom is -0.481 e. The number of likely N-dealkylation sites (tertiary alicyclic amines) is 1. The summed E-state index contributed by atoms with van der Waals surface area (Å²) in [5, 5.41) is 19.3. The molecule has 3 rings (SSSR count). The number of benzene rings is 1. The van der Waals surface area contributed by atoms with Crippen LogP contribution in [0.5, 0.6) is 0 Å². The van der Waals surface area contributed by atoms with Crippen LogP contribution >= 0.6 is 11.6 Å². The van der Waals surface area contributed by atoms with Crippen molar-refractivity contribution in [1.82, 2.24) is 4.90 Å². The number of aryl methyl sites for hydroxylation is 1. The fourth-order valence-corrected chi connectivity index (χ4v) is 3.78. The molecule has 0 spiro atoms. The lowest BCUT2D eigenvalue weighted by Crippen LogP contribution is -2.34. The summed E-state index contributed by atoms with van der Waals surface area (Å²) in [6.45, 7) is -0.0496. The molecule has 0 unspecified atom stereocenters. The molecule has 0 bridgehead atoms. The van der Waals surface area contributed by atoms with Crippen LogP contribution in [0.1, 0.15) is 18.4 Å².